The van der Waals surface area contributed by atoms with E-state index in [4.69, 9.17) is 4.74 Å². The molecule has 166 valence electrons. The molecule has 0 unspecified atom stereocenters. The number of amides is 2. The highest BCUT2D eigenvalue weighted by Gasteiger charge is 2.30. The summed E-state index contributed by atoms with van der Waals surface area (Å²) in [6.07, 6.45) is 0. The lowest BCUT2D eigenvalue weighted by molar-refractivity contribution is -0.134. The Balaban J connectivity index is 1.58. The predicted molar refractivity (Wildman–Crippen MR) is 112 cm³/mol. The molecule has 3 rings (SSSR count). The smallest absolute Gasteiger partial charge is 0.253 e. The van der Waals surface area contributed by atoms with Gasteiger partial charge in [-0.2, -0.15) is 4.72 Å². The third-order valence-electron chi connectivity index (χ3n) is 5.04. The minimum absolute atomic E-state index is 0.150. The van der Waals surface area contributed by atoms with Crippen molar-refractivity contribution in [2.75, 3.05) is 33.3 Å². The molecule has 1 fully saturated rings. The van der Waals surface area contributed by atoms with Crippen molar-refractivity contribution in [2.24, 2.45) is 0 Å². The molecule has 1 heterocycles. The Morgan fingerprint density at radius 2 is 1.58 bits per heavy atom. The summed E-state index contributed by atoms with van der Waals surface area (Å²) in [6, 6.07) is 10.7. The summed E-state index contributed by atoms with van der Waals surface area (Å²) >= 11 is 0. The van der Waals surface area contributed by atoms with E-state index in [1.165, 1.54) is 24.0 Å². The molecular formula is C21H24FN3O5S. The van der Waals surface area contributed by atoms with Crippen LogP contribution in [-0.4, -0.2) is 69.4 Å². The Labute approximate surface area is 180 Å². The first-order valence-electron chi connectivity index (χ1n) is 9.72. The van der Waals surface area contributed by atoms with E-state index in [0.717, 1.165) is 12.1 Å². The van der Waals surface area contributed by atoms with Crippen molar-refractivity contribution in [3.63, 3.8) is 0 Å². The van der Waals surface area contributed by atoms with Gasteiger partial charge in [0.15, 0.2) is 0 Å². The largest absolute Gasteiger partial charge is 0.497 e. The molecule has 2 aromatic rings. The van der Waals surface area contributed by atoms with Gasteiger partial charge in [-0.25, -0.2) is 12.8 Å². The zero-order valence-electron chi connectivity index (χ0n) is 17.2. The van der Waals surface area contributed by atoms with Gasteiger partial charge in [0.25, 0.3) is 5.91 Å². The first-order chi connectivity index (χ1) is 14.7. The topological polar surface area (TPSA) is 96.0 Å². The first kappa shape index (κ1) is 22.7. The normalized spacial score (nSPS) is 15.5. The summed E-state index contributed by atoms with van der Waals surface area (Å²) in [5.41, 5.74) is 0.520. The van der Waals surface area contributed by atoms with Crippen LogP contribution in [0.25, 0.3) is 0 Å². The fourth-order valence-electron chi connectivity index (χ4n) is 3.33. The van der Waals surface area contributed by atoms with Crippen LogP contribution in [-0.2, 0) is 14.8 Å². The molecular weight excluding hydrogens is 425 g/mol. The van der Waals surface area contributed by atoms with Gasteiger partial charge in [-0.15, -0.1) is 0 Å². The standard InChI is InChI=1S/C21H24FN3O5S/c1-15(23-31(28,29)19-6-4-3-5-18(19)22)20(26)24-11-13-25(14-12-24)21(27)16-7-9-17(30-2)10-8-16/h3-10,15,23H,11-14H2,1-2H3/t15-/m0/s1. The lowest BCUT2D eigenvalue weighted by atomic mass is 10.1. The molecule has 31 heavy (non-hydrogen) atoms. The third kappa shape index (κ3) is 5.20. The second kappa shape index (κ2) is 9.44. The number of halogens is 1. The van der Waals surface area contributed by atoms with Gasteiger partial charge in [0.2, 0.25) is 15.9 Å². The van der Waals surface area contributed by atoms with Crippen molar-refractivity contribution >= 4 is 21.8 Å². The number of hydrogen-bond donors (Lipinski definition) is 1. The number of sulfonamides is 1. The van der Waals surface area contributed by atoms with Crippen LogP contribution in [0.4, 0.5) is 4.39 Å². The van der Waals surface area contributed by atoms with Gasteiger partial charge < -0.3 is 14.5 Å². The highest BCUT2D eigenvalue weighted by atomic mass is 32.2. The summed E-state index contributed by atoms with van der Waals surface area (Å²) in [4.78, 5) is 28.0. The third-order valence-corrected chi connectivity index (χ3v) is 6.62. The number of rotatable bonds is 6. The van der Waals surface area contributed by atoms with E-state index >= 15 is 0 Å². The van der Waals surface area contributed by atoms with Crippen molar-refractivity contribution in [1.82, 2.24) is 14.5 Å². The maximum atomic E-state index is 13.8. The Hall–Kier alpha value is -2.98. The Kier molecular flexibility index (Phi) is 6.91. The average molecular weight is 450 g/mol. The molecule has 1 N–H and O–H groups in total. The van der Waals surface area contributed by atoms with Gasteiger partial charge in [0, 0.05) is 31.7 Å². The summed E-state index contributed by atoms with van der Waals surface area (Å²) in [7, 11) is -2.64. The zero-order chi connectivity index (χ0) is 22.6. The summed E-state index contributed by atoms with van der Waals surface area (Å²) in [6.45, 7) is 2.60. The first-order valence-corrected chi connectivity index (χ1v) is 11.2. The second-order valence-electron chi connectivity index (χ2n) is 7.12. The number of piperazine rings is 1. The van der Waals surface area contributed by atoms with Crippen LogP contribution in [0.3, 0.4) is 0 Å². The molecule has 2 amide bonds. The molecule has 2 aromatic carbocycles. The quantitative estimate of drug-likeness (QED) is 0.721. The molecule has 1 saturated heterocycles. The van der Waals surface area contributed by atoms with Crippen LogP contribution in [0.15, 0.2) is 53.4 Å². The fraction of sp³-hybridized carbons (Fsp3) is 0.333. The van der Waals surface area contributed by atoms with Crippen LogP contribution in [0.2, 0.25) is 0 Å². The van der Waals surface area contributed by atoms with Crippen molar-refractivity contribution < 1.29 is 27.1 Å². The van der Waals surface area contributed by atoms with E-state index in [1.807, 2.05) is 0 Å². The van der Waals surface area contributed by atoms with Crippen molar-refractivity contribution in [1.29, 1.82) is 0 Å². The molecule has 1 aliphatic rings. The number of carbonyl (C=O) groups excluding carboxylic acids is 2. The SMILES string of the molecule is COc1ccc(C(=O)N2CCN(C(=O)[C@H](C)NS(=O)(=O)c3ccccc3F)CC2)cc1. The summed E-state index contributed by atoms with van der Waals surface area (Å²) in [5, 5.41) is 0. The zero-order valence-corrected chi connectivity index (χ0v) is 18.1. The maximum absolute atomic E-state index is 13.8. The molecule has 0 saturated carbocycles. The molecule has 8 nitrogen and oxygen atoms in total. The summed E-state index contributed by atoms with van der Waals surface area (Å²) < 4.78 is 46.0. The number of ether oxygens (including phenoxy) is 1. The maximum Gasteiger partial charge on any atom is 0.253 e. The van der Waals surface area contributed by atoms with Crippen LogP contribution in [0.5, 0.6) is 5.75 Å². The molecule has 10 heteroatoms. The van der Waals surface area contributed by atoms with Crippen LogP contribution < -0.4 is 9.46 Å². The van der Waals surface area contributed by atoms with E-state index in [-0.39, 0.29) is 19.0 Å². The van der Waals surface area contributed by atoms with Gasteiger partial charge in [-0.05, 0) is 43.3 Å². The fourth-order valence-corrected chi connectivity index (χ4v) is 4.60. The highest BCUT2D eigenvalue weighted by molar-refractivity contribution is 7.89. The Morgan fingerprint density at radius 1 is 1.00 bits per heavy atom. The van der Waals surface area contributed by atoms with Crippen molar-refractivity contribution in [2.45, 2.75) is 17.9 Å². The Bertz CT molecular complexity index is 1050. The minimum atomic E-state index is -4.19. The van der Waals surface area contributed by atoms with Crippen molar-refractivity contribution in [3.05, 3.63) is 59.9 Å². The van der Waals surface area contributed by atoms with Crippen molar-refractivity contribution in [3.8, 4) is 5.75 Å². The molecule has 1 aliphatic heterocycles. The van der Waals surface area contributed by atoms with E-state index in [9.17, 15) is 22.4 Å². The van der Waals surface area contributed by atoms with E-state index in [0.29, 0.717) is 24.4 Å². The van der Waals surface area contributed by atoms with Gasteiger partial charge in [0.05, 0.1) is 13.2 Å². The van der Waals surface area contributed by atoms with Crippen LogP contribution in [0, 0.1) is 5.82 Å². The molecule has 0 radical (unpaired) electrons. The Morgan fingerprint density at radius 3 is 2.16 bits per heavy atom. The van der Waals surface area contributed by atoms with Gasteiger partial charge >= 0.3 is 0 Å². The lowest BCUT2D eigenvalue weighted by Crippen LogP contribution is -2.55. The number of nitrogens with one attached hydrogen (secondary N) is 1. The van der Waals surface area contributed by atoms with Gasteiger partial charge in [-0.1, -0.05) is 12.1 Å². The number of hydrogen-bond acceptors (Lipinski definition) is 5. The van der Waals surface area contributed by atoms with Crippen LogP contribution >= 0.6 is 0 Å². The highest BCUT2D eigenvalue weighted by Crippen LogP contribution is 2.16. The molecule has 1 atom stereocenters. The number of nitrogens with zero attached hydrogens (tertiary/aromatic N) is 2. The predicted octanol–water partition coefficient (Wildman–Crippen LogP) is 1.49. The van der Waals surface area contributed by atoms with Gasteiger partial charge in [-0.3, -0.25) is 9.59 Å². The lowest BCUT2D eigenvalue weighted by Gasteiger charge is -2.36. The molecule has 0 spiro atoms. The molecule has 0 aromatic heterocycles. The summed E-state index contributed by atoms with van der Waals surface area (Å²) in [5.74, 6) is -0.821. The van der Waals surface area contributed by atoms with Gasteiger partial charge in [0.1, 0.15) is 16.5 Å². The van der Waals surface area contributed by atoms with Crippen LogP contribution in [0.1, 0.15) is 17.3 Å². The second-order valence-corrected chi connectivity index (χ2v) is 8.80. The van der Waals surface area contributed by atoms with E-state index < -0.39 is 32.7 Å². The molecule has 0 aliphatic carbocycles. The average Bonchev–Trinajstić information content (AvgIpc) is 2.78. The monoisotopic (exact) mass is 449 g/mol. The number of carbonyl (C=O) groups is 2. The number of benzene rings is 2. The number of methoxy groups -OCH3 is 1. The van der Waals surface area contributed by atoms with E-state index in [2.05, 4.69) is 4.72 Å². The molecule has 0 bridgehead atoms. The minimum Gasteiger partial charge on any atom is -0.497 e. The van der Waals surface area contributed by atoms with E-state index in [1.54, 1.807) is 36.3 Å².